The predicted octanol–water partition coefficient (Wildman–Crippen LogP) is 1.93. The summed E-state index contributed by atoms with van der Waals surface area (Å²) in [7, 11) is 0. The molecule has 2 aliphatic rings. The van der Waals surface area contributed by atoms with Crippen molar-refractivity contribution in [2.24, 2.45) is 5.92 Å². The smallest absolute Gasteiger partial charge is 0.317 e. The molecule has 0 bridgehead atoms. The van der Waals surface area contributed by atoms with Crippen LogP contribution in [0.4, 0.5) is 0 Å². The number of hydrogen-bond donors (Lipinski definition) is 2. The quantitative estimate of drug-likeness (QED) is 0.743. The summed E-state index contributed by atoms with van der Waals surface area (Å²) in [5, 5.41) is 16.4. The van der Waals surface area contributed by atoms with Gasteiger partial charge in [0.1, 0.15) is 0 Å². The normalized spacial score (nSPS) is 21.7. The molecule has 1 aromatic heterocycles. The van der Waals surface area contributed by atoms with Crippen molar-refractivity contribution in [2.45, 2.75) is 37.8 Å². The number of nitrogens with zero attached hydrogens (tertiary/aromatic N) is 3. The fourth-order valence-corrected chi connectivity index (χ4v) is 3.58. The van der Waals surface area contributed by atoms with Gasteiger partial charge in [0.25, 0.3) is 5.91 Å². The number of aromatic nitrogens is 2. The molecule has 1 heterocycles. The summed E-state index contributed by atoms with van der Waals surface area (Å²) in [6.07, 6.45) is 7.31. The first-order chi connectivity index (χ1) is 13.1. The summed E-state index contributed by atoms with van der Waals surface area (Å²) in [4.78, 5) is 25.6. The molecule has 1 aromatic carbocycles. The van der Waals surface area contributed by atoms with E-state index in [0.29, 0.717) is 11.5 Å². The highest BCUT2D eigenvalue weighted by Crippen LogP contribution is 2.33. The van der Waals surface area contributed by atoms with Crippen LogP contribution in [0.5, 0.6) is 0 Å². The van der Waals surface area contributed by atoms with E-state index in [1.807, 2.05) is 30.3 Å². The molecule has 2 saturated carbocycles. The van der Waals surface area contributed by atoms with Crippen molar-refractivity contribution in [1.29, 1.82) is 0 Å². The van der Waals surface area contributed by atoms with Crippen LogP contribution in [0, 0.1) is 5.92 Å². The molecule has 0 atom stereocenters. The molecular formula is C20H24N4O3. The van der Waals surface area contributed by atoms with Gasteiger partial charge in [-0.05, 0) is 43.7 Å². The van der Waals surface area contributed by atoms with Gasteiger partial charge in [0, 0.05) is 24.8 Å². The highest BCUT2D eigenvalue weighted by Gasteiger charge is 2.37. The molecule has 0 spiro atoms. The van der Waals surface area contributed by atoms with Crippen molar-refractivity contribution >= 4 is 11.9 Å². The average Bonchev–Trinajstić information content (AvgIpc) is 3.29. The maximum atomic E-state index is 12.5. The molecule has 142 valence electrons. The zero-order valence-electron chi connectivity index (χ0n) is 15.1. The molecule has 0 radical (unpaired) electrons. The lowest BCUT2D eigenvalue weighted by Gasteiger charge is -2.42. The molecule has 2 aliphatic carbocycles. The molecule has 27 heavy (non-hydrogen) atoms. The van der Waals surface area contributed by atoms with Crippen LogP contribution in [0.3, 0.4) is 0 Å². The second-order valence-electron chi connectivity index (χ2n) is 7.57. The maximum absolute atomic E-state index is 12.5. The van der Waals surface area contributed by atoms with Gasteiger partial charge in [0.05, 0.1) is 24.0 Å². The maximum Gasteiger partial charge on any atom is 0.317 e. The first-order valence-corrected chi connectivity index (χ1v) is 9.45. The number of carbonyl (C=O) groups excluding carboxylic acids is 1. The van der Waals surface area contributed by atoms with Gasteiger partial charge in [-0.2, -0.15) is 5.10 Å². The highest BCUT2D eigenvalue weighted by molar-refractivity contribution is 5.94. The molecule has 2 fully saturated rings. The predicted molar refractivity (Wildman–Crippen MR) is 99.8 cm³/mol. The molecule has 0 aliphatic heterocycles. The number of carboxylic acids is 1. The van der Waals surface area contributed by atoms with E-state index in [4.69, 9.17) is 5.11 Å². The number of carboxylic acid groups (broad SMARTS) is 1. The topological polar surface area (TPSA) is 87.5 Å². The summed E-state index contributed by atoms with van der Waals surface area (Å²) in [5.41, 5.74) is 1.44. The molecule has 2 aromatic rings. The zero-order chi connectivity index (χ0) is 18.8. The Morgan fingerprint density at radius 1 is 1.22 bits per heavy atom. The van der Waals surface area contributed by atoms with Gasteiger partial charge in [-0.15, -0.1) is 0 Å². The lowest BCUT2D eigenvalue weighted by molar-refractivity contribution is -0.139. The minimum atomic E-state index is -0.781. The van der Waals surface area contributed by atoms with E-state index in [2.05, 4.69) is 15.3 Å². The lowest BCUT2D eigenvalue weighted by atomic mass is 9.85. The van der Waals surface area contributed by atoms with Gasteiger partial charge in [0.2, 0.25) is 0 Å². The average molecular weight is 368 g/mol. The van der Waals surface area contributed by atoms with Crippen LogP contribution >= 0.6 is 0 Å². The fourth-order valence-electron chi connectivity index (χ4n) is 3.58. The van der Waals surface area contributed by atoms with Crippen LogP contribution in [0.15, 0.2) is 42.7 Å². The van der Waals surface area contributed by atoms with Gasteiger partial charge < -0.3 is 10.4 Å². The van der Waals surface area contributed by atoms with Crippen molar-refractivity contribution in [3.8, 4) is 5.69 Å². The third-order valence-electron chi connectivity index (χ3n) is 5.36. The third kappa shape index (κ3) is 4.36. The molecule has 0 unspecified atom stereocenters. The largest absolute Gasteiger partial charge is 0.480 e. The number of rotatable bonds is 8. The zero-order valence-corrected chi connectivity index (χ0v) is 15.1. The van der Waals surface area contributed by atoms with Gasteiger partial charge in [0.15, 0.2) is 0 Å². The van der Waals surface area contributed by atoms with Gasteiger partial charge in [-0.1, -0.05) is 18.2 Å². The molecule has 4 rings (SSSR count). The molecule has 7 nitrogen and oxygen atoms in total. The van der Waals surface area contributed by atoms with Crippen molar-refractivity contribution in [3.05, 3.63) is 48.3 Å². The number of amides is 1. The van der Waals surface area contributed by atoms with Crippen molar-refractivity contribution < 1.29 is 14.7 Å². The minimum absolute atomic E-state index is 0.0890. The monoisotopic (exact) mass is 368 g/mol. The van der Waals surface area contributed by atoms with Gasteiger partial charge in [-0.3, -0.25) is 14.5 Å². The van der Waals surface area contributed by atoms with Crippen LogP contribution in [0.2, 0.25) is 0 Å². The highest BCUT2D eigenvalue weighted by atomic mass is 16.4. The van der Waals surface area contributed by atoms with Crippen LogP contribution in [0.1, 0.15) is 36.0 Å². The standard InChI is InChI=1S/C20H24N4O3/c25-19(26)13-23(11-14-6-7-14)18-8-16(9-18)22-20(27)15-10-21-24(12-15)17-4-2-1-3-5-17/h1-5,10,12,14,16,18H,6-9,11,13H2,(H,22,27)(H,25,26). The van der Waals surface area contributed by atoms with E-state index in [1.54, 1.807) is 17.1 Å². The Bertz CT molecular complexity index is 810. The summed E-state index contributed by atoms with van der Waals surface area (Å²) < 4.78 is 1.68. The van der Waals surface area contributed by atoms with E-state index in [1.165, 1.54) is 12.8 Å². The van der Waals surface area contributed by atoms with Crippen molar-refractivity contribution in [1.82, 2.24) is 20.0 Å². The van der Waals surface area contributed by atoms with Gasteiger partial charge in [-0.25, -0.2) is 4.68 Å². The number of aliphatic carboxylic acids is 1. The Kier molecular flexibility index (Phi) is 4.94. The number of carbonyl (C=O) groups is 2. The van der Waals surface area contributed by atoms with Crippen LogP contribution in [-0.2, 0) is 4.79 Å². The Labute approximate surface area is 158 Å². The van der Waals surface area contributed by atoms with Crippen LogP contribution in [0.25, 0.3) is 5.69 Å². The minimum Gasteiger partial charge on any atom is -0.480 e. The van der Waals surface area contributed by atoms with E-state index >= 15 is 0 Å². The molecule has 0 saturated heterocycles. The van der Waals surface area contributed by atoms with E-state index in [9.17, 15) is 9.59 Å². The summed E-state index contributed by atoms with van der Waals surface area (Å²) in [6, 6.07) is 10.00. The second-order valence-corrected chi connectivity index (χ2v) is 7.57. The Morgan fingerprint density at radius 3 is 2.63 bits per heavy atom. The summed E-state index contributed by atoms with van der Waals surface area (Å²) >= 11 is 0. The number of para-hydroxylation sites is 1. The van der Waals surface area contributed by atoms with E-state index in [0.717, 1.165) is 25.1 Å². The SMILES string of the molecule is O=C(O)CN(CC1CC1)C1CC(NC(=O)c2cnn(-c3ccccc3)c2)C1. The summed E-state index contributed by atoms with van der Waals surface area (Å²) in [6.45, 7) is 0.952. The molecule has 1 amide bonds. The number of nitrogens with one attached hydrogen (secondary N) is 1. The molecule has 7 heteroatoms. The van der Waals surface area contributed by atoms with E-state index in [-0.39, 0.29) is 24.5 Å². The van der Waals surface area contributed by atoms with Crippen LogP contribution in [-0.4, -0.2) is 56.8 Å². The first-order valence-electron chi connectivity index (χ1n) is 9.45. The fraction of sp³-hybridized carbons (Fsp3) is 0.450. The molecular weight excluding hydrogens is 344 g/mol. The Morgan fingerprint density at radius 2 is 1.96 bits per heavy atom. The van der Waals surface area contributed by atoms with Crippen LogP contribution < -0.4 is 5.32 Å². The van der Waals surface area contributed by atoms with Crippen molar-refractivity contribution in [2.75, 3.05) is 13.1 Å². The lowest BCUT2D eigenvalue weighted by Crippen LogP contribution is -2.55. The molecule has 2 N–H and O–H groups in total. The van der Waals surface area contributed by atoms with Crippen molar-refractivity contribution in [3.63, 3.8) is 0 Å². The Hall–Kier alpha value is -2.67. The van der Waals surface area contributed by atoms with E-state index < -0.39 is 5.97 Å². The third-order valence-corrected chi connectivity index (χ3v) is 5.36. The first kappa shape index (κ1) is 17.7. The number of benzene rings is 1. The second kappa shape index (κ2) is 7.52. The number of hydrogen-bond acceptors (Lipinski definition) is 4. The summed E-state index contributed by atoms with van der Waals surface area (Å²) in [5.74, 6) is -0.258. The van der Waals surface area contributed by atoms with Gasteiger partial charge >= 0.3 is 5.97 Å². The Balaban J connectivity index is 1.30.